The quantitative estimate of drug-likeness (QED) is 0.903. The number of carbonyl (C=O) groups is 2. The molecule has 0 bridgehead atoms. The van der Waals surface area contributed by atoms with E-state index in [9.17, 15) is 18.4 Å². The summed E-state index contributed by atoms with van der Waals surface area (Å²) in [6.45, 7) is 2.86. The van der Waals surface area contributed by atoms with E-state index in [1.54, 1.807) is 10.3 Å². The minimum absolute atomic E-state index is 0.0268. The number of benzene rings is 1. The number of aromatic nitrogens is 1. The van der Waals surface area contributed by atoms with Gasteiger partial charge in [0.15, 0.2) is 16.8 Å². The zero-order valence-corrected chi connectivity index (χ0v) is 14.3. The Morgan fingerprint density at radius 2 is 1.88 bits per heavy atom. The van der Waals surface area contributed by atoms with Crippen LogP contribution in [0.5, 0.6) is 0 Å². The van der Waals surface area contributed by atoms with E-state index in [1.165, 1.54) is 6.07 Å². The van der Waals surface area contributed by atoms with Crippen LogP contribution < -0.4 is 5.32 Å². The molecule has 1 aliphatic heterocycles. The van der Waals surface area contributed by atoms with Gasteiger partial charge < -0.3 is 9.80 Å². The summed E-state index contributed by atoms with van der Waals surface area (Å²) in [5.74, 6) is -2.92. The number of amides is 2. The lowest BCUT2D eigenvalue weighted by molar-refractivity contribution is 0.0659. The molecule has 0 aliphatic carbocycles. The zero-order chi connectivity index (χ0) is 18.0. The first-order valence-electron chi connectivity index (χ1n) is 7.64. The topological polar surface area (TPSA) is 65.5 Å². The van der Waals surface area contributed by atoms with Crippen LogP contribution in [0.25, 0.3) is 0 Å². The van der Waals surface area contributed by atoms with Crippen molar-refractivity contribution in [3.8, 4) is 0 Å². The average molecular weight is 366 g/mol. The van der Waals surface area contributed by atoms with Crippen LogP contribution in [0.4, 0.5) is 13.9 Å². The predicted octanol–water partition coefficient (Wildman–Crippen LogP) is 2.06. The molecule has 0 unspecified atom stereocenters. The highest BCUT2D eigenvalue weighted by molar-refractivity contribution is 7.14. The van der Waals surface area contributed by atoms with Gasteiger partial charge in [-0.3, -0.25) is 14.9 Å². The Hall–Kier alpha value is -2.39. The number of nitrogens with zero attached hydrogens (tertiary/aromatic N) is 3. The number of halogens is 2. The van der Waals surface area contributed by atoms with E-state index in [0.29, 0.717) is 13.1 Å². The SMILES string of the molecule is CN1CCN(C(=O)c2csc(NC(=O)c3ccc(F)c(F)c3)n2)CC1. The second-order valence-electron chi connectivity index (χ2n) is 5.72. The highest BCUT2D eigenvalue weighted by Gasteiger charge is 2.22. The van der Waals surface area contributed by atoms with Crippen molar-refractivity contribution in [3.05, 3.63) is 46.5 Å². The lowest BCUT2D eigenvalue weighted by atomic mass is 10.2. The molecule has 1 aliphatic rings. The molecule has 1 N–H and O–H groups in total. The number of likely N-dealkylation sites (N-methyl/N-ethyl adjacent to an activating group) is 1. The lowest BCUT2D eigenvalue weighted by Crippen LogP contribution is -2.47. The Kier molecular flexibility index (Phi) is 5.05. The molecule has 2 amide bonds. The van der Waals surface area contributed by atoms with Crippen molar-refractivity contribution in [2.45, 2.75) is 0 Å². The monoisotopic (exact) mass is 366 g/mol. The molecule has 1 saturated heterocycles. The molecule has 3 rings (SSSR count). The van der Waals surface area contributed by atoms with Crippen LogP contribution in [0.3, 0.4) is 0 Å². The Morgan fingerprint density at radius 3 is 2.56 bits per heavy atom. The van der Waals surface area contributed by atoms with Gasteiger partial charge in [-0.15, -0.1) is 11.3 Å². The van der Waals surface area contributed by atoms with E-state index in [1.807, 2.05) is 7.05 Å². The summed E-state index contributed by atoms with van der Waals surface area (Å²) in [6, 6.07) is 2.88. The van der Waals surface area contributed by atoms with E-state index in [2.05, 4.69) is 15.2 Å². The summed E-state index contributed by atoms with van der Waals surface area (Å²) in [5.41, 5.74) is 0.233. The van der Waals surface area contributed by atoms with Crippen molar-refractivity contribution in [2.75, 3.05) is 38.5 Å². The number of hydrogen-bond acceptors (Lipinski definition) is 5. The Morgan fingerprint density at radius 1 is 1.16 bits per heavy atom. The van der Waals surface area contributed by atoms with Crippen LogP contribution >= 0.6 is 11.3 Å². The normalized spacial score (nSPS) is 15.2. The van der Waals surface area contributed by atoms with Crippen molar-refractivity contribution in [1.29, 1.82) is 0 Å². The van der Waals surface area contributed by atoms with Crippen molar-refractivity contribution in [2.24, 2.45) is 0 Å². The molecule has 6 nitrogen and oxygen atoms in total. The van der Waals surface area contributed by atoms with E-state index >= 15 is 0 Å². The zero-order valence-electron chi connectivity index (χ0n) is 13.5. The largest absolute Gasteiger partial charge is 0.335 e. The van der Waals surface area contributed by atoms with Gasteiger partial charge in [-0.25, -0.2) is 13.8 Å². The van der Waals surface area contributed by atoms with Gasteiger partial charge in [0.05, 0.1) is 0 Å². The summed E-state index contributed by atoms with van der Waals surface area (Å²) in [6.07, 6.45) is 0. The maximum atomic E-state index is 13.2. The molecular weight excluding hydrogens is 350 g/mol. The van der Waals surface area contributed by atoms with Crippen molar-refractivity contribution in [1.82, 2.24) is 14.8 Å². The summed E-state index contributed by atoms with van der Waals surface area (Å²) in [5, 5.41) is 4.29. The molecule has 25 heavy (non-hydrogen) atoms. The third kappa shape index (κ3) is 3.99. The molecule has 132 valence electrons. The van der Waals surface area contributed by atoms with Crippen molar-refractivity contribution in [3.63, 3.8) is 0 Å². The average Bonchev–Trinajstić information content (AvgIpc) is 3.05. The molecule has 2 aromatic rings. The van der Waals surface area contributed by atoms with Gasteiger partial charge in [0.1, 0.15) is 5.69 Å². The first kappa shape index (κ1) is 17.4. The van der Waals surface area contributed by atoms with Crippen LogP contribution in [0.15, 0.2) is 23.6 Å². The number of anilines is 1. The number of nitrogens with one attached hydrogen (secondary N) is 1. The molecular formula is C16H16F2N4O2S. The van der Waals surface area contributed by atoms with Crippen LogP contribution in [-0.4, -0.2) is 59.8 Å². The number of thiazole rings is 1. The molecule has 1 aromatic carbocycles. The molecule has 2 heterocycles. The Bertz CT molecular complexity index is 803. The number of piperazine rings is 1. The Labute approximate surface area is 147 Å². The van der Waals surface area contributed by atoms with Crippen molar-refractivity contribution >= 4 is 28.3 Å². The maximum Gasteiger partial charge on any atom is 0.273 e. The van der Waals surface area contributed by atoms with Crippen molar-refractivity contribution < 1.29 is 18.4 Å². The third-order valence-electron chi connectivity index (χ3n) is 3.92. The predicted molar refractivity (Wildman–Crippen MR) is 89.8 cm³/mol. The lowest BCUT2D eigenvalue weighted by Gasteiger charge is -2.31. The van der Waals surface area contributed by atoms with Gasteiger partial charge in [-0.2, -0.15) is 0 Å². The first-order valence-corrected chi connectivity index (χ1v) is 8.52. The van der Waals surface area contributed by atoms with Crippen LogP contribution in [0.1, 0.15) is 20.8 Å². The van der Waals surface area contributed by atoms with Gasteiger partial charge in [0.2, 0.25) is 0 Å². The van der Waals surface area contributed by atoms with Gasteiger partial charge in [0, 0.05) is 37.1 Å². The number of hydrogen-bond donors (Lipinski definition) is 1. The fraction of sp³-hybridized carbons (Fsp3) is 0.312. The van der Waals surface area contributed by atoms with Crippen LogP contribution in [-0.2, 0) is 0 Å². The number of carbonyl (C=O) groups excluding carboxylic acids is 2. The maximum absolute atomic E-state index is 13.2. The highest BCUT2D eigenvalue weighted by Crippen LogP contribution is 2.19. The minimum Gasteiger partial charge on any atom is -0.335 e. The van der Waals surface area contributed by atoms with E-state index < -0.39 is 17.5 Å². The van der Waals surface area contributed by atoms with Gasteiger partial charge in [-0.1, -0.05) is 0 Å². The molecule has 0 spiro atoms. The first-order chi connectivity index (χ1) is 11.9. The summed E-state index contributed by atoms with van der Waals surface area (Å²) < 4.78 is 26.1. The second kappa shape index (κ2) is 7.24. The van der Waals surface area contributed by atoms with Gasteiger partial charge >= 0.3 is 0 Å². The fourth-order valence-electron chi connectivity index (χ4n) is 2.41. The van der Waals surface area contributed by atoms with E-state index in [-0.39, 0.29) is 22.3 Å². The summed E-state index contributed by atoms with van der Waals surface area (Å²) >= 11 is 1.10. The standard InChI is InChI=1S/C16H16F2N4O2S/c1-21-4-6-22(7-5-21)15(24)13-9-25-16(19-13)20-14(23)10-2-3-11(17)12(18)8-10/h2-3,8-9H,4-7H2,1H3,(H,19,20,23). The third-order valence-corrected chi connectivity index (χ3v) is 4.67. The van der Waals surface area contributed by atoms with Gasteiger partial charge in [-0.05, 0) is 25.2 Å². The molecule has 9 heteroatoms. The van der Waals surface area contributed by atoms with E-state index in [4.69, 9.17) is 0 Å². The molecule has 0 radical (unpaired) electrons. The summed E-state index contributed by atoms with van der Waals surface area (Å²) in [7, 11) is 2.00. The Balaban J connectivity index is 1.66. The minimum atomic E-state index is -1.10. The molecule has 1 aromatic heterocycles. The smallest absolute Gasteiger partial charge is 0.273 e. The second-order valence-corrected chi connectivity index (χ2v) is 6.57. The van der Waals surface area contributed by atoms with Gasteiger partial charge in [0.25, 0.3) is 11.8 Å². The molecule has 0 saturated carbocycles. The highest BCUT2D eigenvalue weighted by atomic mass is 32.1. The van der Waals surface area contributed by atoms with E-state index in [0.717, 1.165) is 36.6 Å². The summed E-state index contributed by atoms with van der Waals surface area (Å²) in [4.78, 5) is 32.4. The van der Waals surface area contributed by atoms with Crippen LogP contribution in [0.2, 0.25) is 0 Å². The van der Waals surface area contributed by atoms with Crippen LogP contribution in [0, 0.1) is 11.6 Å². The molecule has 0 atom stereocenters. The molecule has 1 fully saturated rings. The fourth-order valence-corrected chi connectivity index (χ4v) is 3.09. The number of rotatable bonds is 3.